The van der Waals surface area contributed by atoms with Gasteiger partial charge in [0.15, 0.2) is 11.6 Å². The molecule has 2 fully saturated rings. The molecule has 0 amide bonds. The summed E-state index contributed by atoms with van der Waals surface area (Å²) in [6.07, 6.45) is 8.34. The first kappa shape index (κ1) is 20.3. The lowest BCUT2D eigenvalue weighted by Gasteiger charge is -2.19. The van der Waals surface area contributed by atoms with Crippen LogP contribution >= 0.6 is 0 Å². The van der Waals surface area contributed by atoms with Crippen molar-refractivity contribution in [3.8, 4) is 5.75 Å². The largest absolute Gasteiger partial charge is 0.490 e. The second-order valence-electron chi connectivity index (χ2n) is 8.04. The Balaban J connectivity index is 1.60. The average Bonchev–Trinajstić information content (AvgIpc) is 3.49. The first-order valence-electron chi connectivity index (χ1n) is 9.66. The molecule has 0 radical (unpaired) electrons. The number of halogens is 1. The van der Waals surface area contributed by atoms with Gasteiger partial charge in [0, 0.05) is 6.54 Å². The normalized spacial score (nSPS) is 19.0. The molecule has 2 N–H and O–H groups in total. The van der Waals surface area contributed by atoms with Crippen molar-refractivity contribution >= 4 is 10.2 Å². The molecule has 3 rings (SSSR count). The lowest BCUT2D eigenvalue weighted by atomic mass is 10.1. The molecule has 0 bridgehead atoms. The molecule has 27 heavy (non-hydrogen) atoms. The van der Waals surface area contributed by atoms with E-state index < -0.39 is 21.6 Å². The van der Waals surface area contributed by atoms with Gasteiger partial charge in [0.1, 0.15) is 0 Å². The third-order valence-electron chi connectivity index (χ3n) is 4.90. The quantitative estimate of drug-likeness (QED) is 0.561. The summed E-state index contributed by atoms with van der Waals surface area (Å²) in [5, 5.41) is 0. The Morgan fingerprint density at radius 1 is 1.30 bits per heavy atom. The van der Waals surface area contributed by atoms with Crippen LogP contribution in [0.3, 0.4) is 0 Å². The Morgan fingerprint density at radius 3 is 2.67 bits per heavy atom. The van der Waals surface area contributed by atoms with Gasteiger partial charge in [-0.05, 0) is 61.6 Å². The molecule has 1 aromatic rings. The summed E-state index contributed by atoms with van der Waals surface area (Å²) in [7, 11) is -3.65. The second kappa shape index (κ2) is 8.29. The third kappa shape index (κ3) is 6.02. The maximum Gasteiger partial charge on any atom is 0.278 e. The highest BCUT2D eigenvalue weighted by molar-refractivity contribution is 7.87. The summed E-state index contributed by atoms with van der Waals surface area (Å²) in [6.45, 7) is 4.98. The Morgan fingerprint density at radius 2 is 2.04 bits per heavy atom. The monoisotopic (exact) mass is 396 g/mol. The van der Waals surface area contributed by atoms with Crippen molar-refractivity contribution in [2.24, 2.45) is 11.8 Å². The van der Waals surface area contributed by atoms with E-state index in [9.17, 15) is 12.8 Å². The highest BCUT2D eigenvalue weighted by atomic mass is 32.2. The summed E-state index contributed by atoms with van der Waals surface area (Å²) in [5.41, 5.74) is 0.0780. The molecule has 0 atom stereocenters. The van der Waals surface area contributed by atoms with Crippen LogP contribution in [0.4, 0.5) is 4.39 Å². The Bertz CT molecular complexity index is 784. The molecule has 2 saturated carbocycles. The summed E-state index contributed by atoms with van der Waals surface area (Å²) in [4.78, 5) is 0. The number of rotatable bonds is 11. The average molecular weight is 397 g/mol. The third-order valence-corrected chi connectivity index (χ3v) is 6.11. The second-order valence-corrected chi connectivity index (χ2v) is 9.54. The van der Waals surface area contributed by atoms with E-state index in [4.69, 9.17) is 4.74 Å². The molecule has 0 unspecified atom stereocenters. The predicted octanol–water partition coefficient (Wildman–Crippen LogP) is 3.63. The van der Waals surface area contributed by atoms with Crippen molar-refractivity contribution in [1.82, 2.24) is 9.44 Å². The van der Waals surface area contributed by atoms with Crippen molar-refractivity contribution in [3.63, 3.8) is 0 Å². The first-order chi connectivity index (χ1) is 12.8. The van der Waals surface area contributed by atoms with E-state index in [1.807, 2.05) is 12.2 Å². The van der Waals surface area contributed by atoms with Crippen molar-refractivity contribution in [1.29, 1.82) is 0 Å². The summed E-state index contributed by atoms with van der Waals surface area (Å²) < 4.78 is 49.6. The van der Waals surface area contributed by atoms with E-state index in [-0.39, 0.29) is 12.3 Å². The molecule has 2 aliphatic carbocycles. The lowest BCUT2D eigenvalue weighted by Crippen LogP contribution is -2.42. The Labute approximate surface area is 161 Å². The summed E-state index contributed by atoms with van der Waals surface area (Å²) in [5.74, 6) is 0.857. The van der Waals surface area contributed by atoms with Gasteiger partial charge in [-0.1, -0.05) is 32.1 Å². The lowest BCUT2D eigenvalue weighted by molar-refractivity contribution is 0.284. The molecule has 0 heterocycles. The van der Waals surface area contributed by atoms with Crippen LogP contribution in [0.5, 0.6) is 5.75 Å². The highest BCUT2D eigenvalue weighted by Gasteiger charge is 2.47. The van der Waals surface area contributed by atoms with Gasteiger partial charge in [-0.2, -0.15) is 17.9 Å². The molecular weight excluding hydrogens is 367 g/mol. The molecule has 150 valence electrons. The van der Waals surface area contributed by atoms with Crippen molar-refractivity contribution in [2.45, 2.75) is 51.5 Å². The standard InChI is InChI=1S/C20H29FN2O3S/c1-15(2)5-3-4-12-22-27(24,25)23-20(10-11-20)17-8-9-18(21)19(13-17)26-14-16-6-7-16/h3-4,8-9,13,15-16,22-23H,5-7,10-12,14H2,1-2H3/b4-3+. The molecule has 1 aromatic carbocycles. The minimum absolute atomic E-state index is 0.203. The van der Waals surface area contributed by atoms with Gasteiger partial charge in [-0.15, -0.1) is 0 Å². The summed E-state index contributed by atoms with van der Waals surface area (Å²) >= 11 is 0. The zero-order chi connectivity index (χ0) is 19.5. The van der Waals surface area contributed by atoms with Crippen molar-refractivity contribution in [3.05, 3.63) is 41.7 Å². The molecule has 7 heteroatoms. The van der Waals surface area contributed by atoms with Crippen LogP contribution in [-0.2, 0) is 15.7 Å². The van der Waals surface area contributed by atoms with Gasteiger partial charge in [0.05, 0.1) is 12.1 Å². The molecule has 5 nitrogen and oxygen atoms in total. The van der Waals surface area contributed by atoms with Crippen LogP contribution in [0.15, 0.2) is 30.4 Å². The van der Waals surface area contributed by atoms with Crippen LogP contribution in [0.1, 0.15) is 51.5 Å². The van der Waals surface area contributed by atoms with Crippen LogP contribution in [0.2, 0.25) is 0 Å². The summed E-state index contributed by atoms with van der Waals surface area (Å²) in [6, 6.07) is 4.63. The van der Waals surface area contributed by atoms with Gasteiger partial charge in [0.2, 0.25) is 0 Å². The van der Waals surface area contributed by atoms with Crippen LogP contribution in [0, 0.1) is 17.7 Å². The van der Waals surface area contributed by atoms with Crippen molar-refractivity contribution < 1.29 is 17.5 Å². The van der Waals surface area contributed by atoms with Gasteiger partial charge in [0.25, 0.3) is 10.2 Å². The maximum absolute atomic E-state index is 14.0. The predicted molar refractivity (Wildman–Crippen MR) is 104 cm³/mol. The topological polar surface area (TPSA) is 67.4 Å². The number of hydrogen-bond donors (Lipinski definition) is 2. The smallest absolute Gasteiger partial charge is 0.278 e. The van der Waals surface area contributed by atoms with Gasteiger partial charge in [-0.25, -0.2) is 4.39 Å². The SMILES string of the molecule is CC(C)C/C=C/CNS(=O)(=O)NC1(c2ccc(F)c(OCC3CC3)c2)CC1. The molecule has 2 aliphatic rings. The molecular formula is C20H29FN2O3S. The van der Waals surface area contributed by atoms with Gasteiger partial charge < -0.3 is 4.74 Å². The van der Waals surface area contributed by atoms with Gasteiger partial charge >= 0.3 is 0 Å². The number of allylic oxidation sites excluding steroid dienone is 1. The fourth-order valence-electron chi connectivity index (χ4n) is 2.88. The van der Waals surface area contributed by atoms with E-state index in [2.05, 4.69) is 23.3 Å². The van der Waals surface area contributed by atoms with Crippen LogP contribution in [-0.4, -0.2) is 21.6 Å². The zero-order valence-corrected chi connectivity index (χ0v) is 16.8. The highest BCUT2D eigenvalue weighted by Crippen LogP contribution is 2.47. The van der Waals surface area contributed by atoms with E-state index in [0.717, 1.165) is 24.8 Å². The minimum atomic E-state index is -3.65. The number of ether oxygens (including phenoxy) is 1. The van der Waals surface area contributed by atoms with Crippen molar-refractivity contribution in [2.75, 3.05) is 13.2 Å². The maximum atomic E-state index is 14.0. The fraction of sp³-hybridized carbons (Fsp3) is 0.600. The molecule has 0 spiro atoms. The Hall–Kier alpha value is -1.44. The number of hydrogen-bond acceptors (Lipinski definition) is 3. The first-order valence-corrected chi connectivity index (χ1v) is 11.1. The van der Waals surface area contributed by atoms with Crippen LogP contribution < -0.4 is 14.2 Å². The van der Waals surface area contributed by atoms with E-state index in [1.165, 1.54) is 6.07 Å². The van der Waals surface area contributed by atoms with E-state index in [1.54, 1.807) is 12.1 Å². The molecule has 0 aromatic heterocycles. The van der Waals surface area contributed by atoms with E-state index in [0.29, 0.717) is 31.3 Å². The Kier molecular flexibility index (Phi) is 6.23. The molecule has 0 saturated heterocycles. The number of nitrogens with one attached hydrogen (secondary N) is 2. The number of benzene rings is 1. The van der Waals surface area contributed by atoms with Gasteiger partial charge in [-0.3, -0.25) is 0 Å². The minimum Gasteiger partial charge on any atom is -0.490 e. The fourth-order valence-corrected chi connectivity index (χ4v) is 4.11. The van der Waals surface area contributed by atoms with Crippen LogP contribution in [0.25, 0.3) is 0 Å². The van der Waals surface area contributed by atoms with E-state index >= 15 is 0 Å². The zero-order valence-electron chi connectivity index (χ0n) is 16.0. The molecule has 0 aliphatic heterocycles.